The highest BCUT2D eigenvalue weighted by Gasteiger charge is 2.16. The van der Waals surface area contributed by atoms with Crippen LogP contribution < -0.4 is 27.0 Å². The van der Waals surface area contributed by atoms with Crippen LogP contribution in [0, 0.1) is 0 Å². The summed E-state index contributed by atoms with van der Waals surface area (Å²) >= 11 is 0. The first-order valence-corrected chi connectivity index (χ1v) is 12.9. The number of carbonyl (C=O) groups excluding carboxylic acids is 3. The van der Waals surface area contributed by atoms with Crippen LogP contribution in [0.5, 0.6) is 5.75 Å². The van der Waals surface area contributed by atoms with E-state index in [9.17, 15) is 24.0 Å². The second-order valence-electron chi connectivity index (χ2n) is 9.49. The van der Waals surface area contributed by atoms with Crippen LogP contribution >= 0.6 is 0 Å². The number of aryl methyl sites for hydroxylation is 1. The molecule has 1 heterocycles. The minimum atomic E-state index is -0.844. The Bertz CT molecular complexity index is 1740. The minimum Gasteiger partial charge on any atom is -0.497 e. The Labute approximate surface area is 240 Å². The number of methoxy groups -OCH3 is 1. The molecule has 0 radical (unpaired) electrons. The van der Waals surface area contributed by atoms with E-state index in [-0.39, 0.29) is 35.5 Å². The molecular weight excluding hydrogens is 544 g/mol. The van der Waals surface area contributed by atoms with Gasteiger partial charge in [-0.3, -0.25) is 23.5 Å². The van der Waals surface area contributed by atoms with Gasteiger partial charge in [0.25, 0.3) is 11.5 Å². The molecule has 4 rings (SSSR count). The van der Waals surface area contributed by atoms with Gasteiger partial charge < -0.3 is 25.3 Å². The van der Waals surface area contributed by atoms with Crippen molar-refractivity contribution in [3.63, 3.8) is 0 Å². The van der Waals surface area contributed by atoms with E-state index in [1.165, 1.54) is 29.7 Å². The molecule has 1 unspecified atom stereocenters. The molecule has 3 aromatic carbocycles. The first-order valence-electron chi connectivity index (χ1n) is 12.9. The van der Waals surface area contributed by atoms with E-state index in [1.807, 2.05) is 12.1 Å². The quantitative estimate of drug-likeness (QED) is 0.212. The van der Waals surface area contributed by atoms with Crippen molar-refractivity contribution in [3.05, 3.63) is 110 Å². The summed E-state index contributed by atoms with van der Waals surface area (Å²) in [6.45, 7) is 1.07. The number of ether oxygens (including phenoxy) is 3. The van der Waals surface area contributed by atoms with Gasteiger partial charge in [-0.15, -0.1) is 0 Å². The lowest BCUT2D eigenvalue weighted by atomic mass is 10.1. The fraction of sp³-hybridized carbons (Fsp3) is 0.233. The molecule has 12 nitrogen and oxygen atoms in total. The molecule has 1 amide bonds. The van der Waals surface area contributed by atoms with Gasteiger partial charge in [0.2, 0.25) is 6.79 Å². The molecule has 218 valence electrons. The first-order chi connectivity index (χ1) is 20.1. The van der Waals surface area contributed by atoms with Crippen molar-refractivity contribution in [2.24, 2.45) is 12.8 Å². The van der Waals surface area contributed by atoms with Gasteiger partial charge >= 0.3 is 17.6 Å². The highest BCUT2D eigenvalue weighted by atomic mass is 16.7. The normalized spacial score (nSPS) is 11.5. The summed E-state index contributed by atoms with van der Waals surface area (Å²) in [5.41, 5.74) is 6.57. The zero-order valence-electron chi connectivity index (χ0n) is 23.3. The number of fused-ring (bicyclic) bond motifs is 1. The molecule has 0 bridgehead atoms. The molecule has 4 aromatic rings. The number of nitrogens with two attached hydrogens (primary N) is 1. The van der Waals surface area contributed by atoms with Crippen LogP contribution in [0.15, 0.2) is 76.3 Å². The van der Waals surface area contributed by atoms with E-state index in [0.29, 0.717) is 16.8 Å². The van der Waals surface area contributed by atoms with Crippen molar-refractivity contribution in [3.8, 4) is 5.75 Å². The maximum Gasteiger partial charge on any atom is 0.340 e. The largest absolute Gasteiger partial charge is 0.497 e. The molecule has 0 saturated carbocycles. The smallest absolute Gasteiger partial charge is 0.340 e. The second-order valence-corrected chi connectivity index (χ2v) is 9.49. The second kappa shape index (κ2) is 13.0. The maximum absolute atomic E-state index is 13.4. The van der Waals surface area contributed by atoms with Gasteiger partial charge in [0.1, 0.15) is 11.8 Å². The molecule has 0 fully saturated rings. The van der Waals surface area contributed by atoms with Crippen LogP contribution in [0.25, 0.3) is 10.9 Å². The standard InChI is InChI=1S/C30H30N4O8/c1-18(31)28(37)41-17-42-29(38)21-8-4-20(5-9-21)16-34-27(36)24-14-22(10-13-25(24)33(2)30(34)39)26(35)32-15-19-6-11-23(40-3)12-7-19/h4-14,18H,15-17,31H2,1-3H3,(H,32,35). The number of rotatable bonds is 10. The molecule has 42 heavy (non-hydrogen) atoms. The maximum atomic E-state index is 13.4. The molecular formula is C30H30N4O8. The summed E-state index contributed by atoms with van der Waals surface area (Å²) in [5, 5.41) is 3.03. The van der Waals surface area contributed by atoms with Crippen molar-refractivity contribution >= 4 is 28.7 Å². The van der Waals surface area contributed by atoms with E-state index >= 15 is 0 Å². The van der Waals surface area contributed by atoms with Crippen LogP contribution in [-0.2, 0) is 34.4 Å². The third-order valence-corrected chi connectivity index (χ3v) is 6.52. The van der Waals surface area contributed by atoms with Gasteiger partial charge in [-0.1, -0.05) is 24.3 Å². The number of nitrogens with one attached hydrogen (secondary N) is 1. The number of nitrogens with zero attached hydrogens (tertiary/aromatic N) is 2. The zero-order chi connectivity index (χ0) is 30.4. The molecule has 0 aliphatic carbocycles. The Hall–Kier alpha value is -5.23. The van der Waals surface area contributed by atoms with Crippen molar-refractivity contribution in [1.29, 1.82) is 0 Å². The van der Waals surface area contributed by atoms with Gasteiger partial charge in [-0.25, -0.2) is 9.59 Å². The third kappa shape index (κ3) is 6.73. The molecule has 0 aliphatic rings. The minimum absolute atomic E-state index is 0.0727. The number of benzene rings is 3. The Morgan fingerprint density at radius 2 is 1.55 bits per heavy atom. The van der Waals surface area contributed by atoms with Crippen LogP contribution in [0.1, 0.15) is 38.8 Å². The van der Waals surface area contributed by atoms with Gasteiger partial charge in [0.05, 0.1) is 30.1 Å². The summed E-state index contributed by atoms with van der Waals surface area (Å²) in [4.78, 5) is 62.9. The molecule has 1 atom stereocenters. The van der Waals surface area contributed by atoms with Gasteiger partial charge in [0, 0.05) is 19.2 Å². The zero-order valence-corrected chi connectivity index (χ0v) is 23.3. The number of hydrogen-bond acceptors (Lipinski definition) is 9. The Morgan fingerprint density at radius 3 is 2.19 bits per heavy atom. The van der Waals surface area contributed by atoms with Crippen molar-refractivity contribution in [1.82, 2.24) is 14.5 Å². The molecule has 0 saturated heterocycles. The van der Waals surface area contributed by atoms with E-state index < -0.39 is 36.0 Å². The Morgan fingerprint density at radius 1 is 0.905 bits per heavy atom. The van der Waals surface area contributed by atoms with Gasteiger partial charge in [-0.2, -0.15) is 0 Å². The number of aromatic nitrogens is 2. The van der Waals surface area contributed by atoms with Crippen molar-refractivity contribution in [2.75, 3.05) is 13.9 Å². The molecule has 0 aliphatic heterocycles. The highest BCUT2D eigenvalue weighted by molar-refractivity contribution is 5.97. The van der Waals surface area contributed by atoms with E-state index in [0.717, 1.165) is 10.1 Å². The SMILES string of the molecule is COc1ccc(CNC(=O)c2ccc3c(c2)c(=O)n(Cc2ccc(C(=O)OCOC(=O)C(C)N)cc2)c(=O)n3C)cc1. The fourth-order valence-corrected chi connectivity index (χ4v) is 4.11. The number of amides is 1. The van der Waals surface area contributed by atoms with Gasteiger partial charge in [-0.05, 0) is 60.5 Å². The summed E-state index contributed by atoms with van der Waals surface area (Å²) in [7, 11) is 3.12. The third-order valence-electron chi connectivity index (χ3n) is 6.52. The van der Waals surface area contributed by atoms with Crippen LogP contribution in [0.4, 0.5) is 0 Å². The Balaban J connectivity index is 1.50. The summed E-state index contributed by atoms with van der Waals surface area (Å²) in [6.07, 6.45) is 0. The van der Waals surface area contributed by atoms with Crippen LogP contribution in [0.2, 0.25) is 0 Å². The average molecular weight is 575 g/mol. The molecule has 1 aromatic heterocycles. The van der Waals surface area contributed by atoms with Crippen LogP contribution in [0.3, 0.4) is 0 Å². The summed E-state index contributed by atoms with van der Waals surface area (Å²) < 4.78 is 17.2. The van der Waals surface area contributed by atoms with E-state index in [1.54, 1.807) is 50.6 Å². The number of esters is 2. The van der Waals surface area contributed by atoms with Gasteiger partial charge in [0.15, 0.2) is 0 Å². The summed E-state index contributed by atoms with van der Waals surface area (Å²) in [5.74, 6) is -1.10. The predicted octanol–water partition coefficient (Wildman–Crippen LogP) is 1.69. The average Bonchev–Trinajstić information content (AvgIpc) is 3.00. The lowest BCUT2D eigenvalue weighted by Gasteiger charge is -2.12. The van der Waals surface area contributed by atoms with E-state index in [4.69, 9.17) is 19.9 Å². The molecule has 0 spiro atoms. The predicted molar refractivity (Wildman–Crippen MR) is 153 cm³/mol. The monoisotopic (exact) mass is 574 g/mol. The first kappa shape index (κ1) is 29.7. The molecule has 3 N–H and O–H groups in total. The lowest BCUT2D eigenvalue weighted by molar-refractivity contribution is -0.153. The number of hydrogen-bond donors (Lipinski definition) is 2. The highest BCUT2D eigenvalue weighted by Crippen LogP contribution is 2.14. The van der Waals surface area contributed by atoms with E-state index in [2.05, 4.69) is 5.32 Å². The number of carbonyl (C=O) groups is 3. The summed E-state index contributed by atoms with van der Waals surface area (Å²) in [6, 6.07) is 17.1. The Kier molecular flexibility index (Phi) is 9.18. The lowest BCUT2D eigenvalue weighted by Crippen LogP contribution is -2.39. The topological polar surface area (TPSA) is 161 Å². The van der Waals surface area contributed by atoms with Crippen molar-refractivity contribution < 1.29 is 28.6 Å². The fourth-order valence-electron chi connectivity index (χ4n) is 4.11. The molecule has 12 heteroatoms. The van der Waals surface area contributed by atoms with Crippen LogP contribution in [-0.4, -0.2) is 46.9 Å². The van der Waals surface area contributed by atoms with Crippen molar-refractivity contribution in [2.45, 2.75) is 26.1 Å².